The molecule has 0 aliphatic heterocycles. The van der Waals surface area contributed by atoms with Gasteiger partial charge in [0.25, 0.3) is 0 Å². The molecule has 0 aliphatic rings. The first-order valence-electron chi connectivity index (χ1n) is 3.78. The van der Waals surface area contributed by atoms with E-state index in [2.05, 4.69) is 0 Å². The summed E-state index contributed by atoms with van der Waals surface area (Å²) in [6.07, 6.45) is 2.57. The van der Waals surface area contributed by atoms with Gasteiger partial charge in [-0.25, -0.2) is 0 Å². The maximum atomic E-state index is 10.1. The van der Waals surface area contributed by atoms with Crippen LogP contribution in [-0.4, -0.2) is 19.5 Å². The van der Waals surface area contributed by atoms with Crippen molar-refractivity contribution in [3.05, 3.63) is 11.6 Å². The average Bonchev–Trinajstić information content (AvgIpc) is 2.02. The van der Waals surface area contributed by atoms with Crippen molar-refractivity contribution in [3.8, 4) is 0 Å². The van der Waals surface area contributed by atoms with Crippen molar-refractivity contribution in [3.63, 3.8) is 0 Å². The van der Waals surface area contributed by atoms with Gasteiger partial charge in [0, 0.05) is 13.0 Å². The lowest BCUT2D eigenvalue weighted by molar-refractivity contribution is -0.104. The second-order valence-corrected chi connectivity index (χ2v) is 2.78. The van der Waals surface area contributed by atoms with Crippen molar-refractivity contribution < 1.29 is 9.53 Å². The molecule has 0 bridgehead atoms. The monoisotopic (exact) mass is 156 g/mol. The van der Waals surface area contributed by atoms with Crippen LogP contribution in [0.3, 0.4) is 0 Å². The zero-order valence-corrected chi connectivity index (χ0v) is 7.63. The predicted molar refractivity (Wildman–Crippen MR) is 45.5 cm³/mol. The largest absolute Gasteiger partial charge is 0.381 e. The minimum atomic E-state index is 0.172. The van der Waals surface area contributed by atoms with Crippen LogP contribution in [0, 0.1) is 5.92 Å². The first-order valence-corrected chi connectivity index (χ1v) is 3.78. The van der Waals surface area contributed by atoms with Crippen molar-refractivity contribution in [2.24, 2.45) is 5.92 Å². The molecule has 2 unspecified atom stereocenters. The smallest absolute Gasteiger partial charge is 0.142 e. The minimum absolute atomic E-state index is 0.172. The Morgan fingerprint density at radius 3 is 2.36 bits per heavy atom. The molecule has 0 rings (SSSR count). The topological polar surface area (TPSA) is 26.3 Å². The van der Waals surface area contributed by atoms with E-state index in [1.807, 2.05) is 20.8 Å². The molecule has 0 amide bonds. The Balaban J connectivity index is 4.11. The molecule has 0 aromatic rings. The van der Waals surface area contributed by atoms with Gasteiger partial charge in [0.15, 0.2) is 0 Å². The summed E-state index contributed by atoms with van der Waals surface area (Å²) in [5.41, 5.74) is 1.06. The van der Waals surface area contributed by atoms with Gasteiger partial charge in [-0.2, -0.15) is 0 Å². The number of rotatable bonds is 4. The third-order valence-electron chi connectivity index (χ3n) is 2.13. The molecule has 0 fully saturated rings. The zero-order valence-electron chi connectivity index (χ0n) is 7.63. The van der Waals surface area contributed by atoms with Gasteiger partial charge >= 0.3 is 0 Å². The molecule has 0 saturated carbocycles. The van der Waals surface area contributed by atoms with Crippen LogP contribution >= 0.6 is 0 Å². The van der Waals surface area contributed by atoms with Gasteiger partial charge < -0.3 is 4.74 Å². The third kappa shape index (κ3) is 3.33. The average molecular weight is 156 g/mol. The first kappa shape index (κ1) is 10.4. The highest BCUT2D eigenvalue weighted by Crippen LogP contribution is 2.15. The minimum Gasteiger partial charge on any atom is -0.381 e. The molecule has 2 atom stereocenters. The Morgan fingerprint density at radius 2 is 2.00 bits per heavy atom. The second kappa shape index (κ2) is 5.08. The number of methoxy groups -OCH3 is 1. The van der Waals surface area contributed by atoms with Crippen molar-refractivity contribution in [2.45, 2.75) is 26.9 Å². The molecule has 2 nitrogen and oxygen atoms in total. The Hall–Kier alpha value is -0.630. The summed E-state index contributed by atoms with van der Waals surface area (Å²) in [4.78, 5) is 10.1. The molecular weight excluding hydrogens is 140 g/mol. The van der Waals surface area contributed by atoms with Gasteiger partial charge in [-0.1, -0.05) is 12.5 Å². The fourth-order valence-electron chi connectivity index (χ4n) is 0.833. The number of carbonyl (C=O) groups excluding carboxylic acids is 1. The van der Waals surface area contributed by atoms with Crippen LogP contribution in [-0.2, 0) is 9.53 Å². The summed E-state index contributed by atoms with van der Waals surface area (Å²) in [7, 11) is 1.68. The highest BCUT2D eigenvalue weighted by atomic mass is 16.5. The van der Waals surface area contributed by atoms with E-state index < -0.39 is 0 Å². The summed E-state index contributed by atoms with van der Waals surface area (Å²) in [6, 6.07) is 0. The highest BCUT2D eigenvalue weighted by molar-refractivity contribution is 5.66. The van der Waals surface area contributed by atoms with Gasteiger partial charge in [-0.15, -0.1) is 0 Å². The molecule has 0 radical (unpaired) electrons. The fraction of sp³-hybridized carbons (Fsp3) is 0.667. The number of hydrogen-bond acceptors (Lipinski definition) is 2. The number of aldehydes is 1. The Labute approximate surface area is 68.2 Å². The van der Waals surface area contributed by atoms with Crippen LogP contribution in [0.1, 0.15) is 20.8 Å². The van der Waals surface area contributed by atoms with E-state index >= 15 is 0 Å². The van der Waals surface area contributed by atoms with Crippen LogP contribution in [0.4, 0.5) is 0 Å². The van der Waals surface area contributed by atoms with E-state index in [4.69, 9.17) is 4.74 Å². The van der Waals surface area contributed by atoms with E-state index in [9.17, 15) is 4.79 Å². The molecule has 0 saturated heterocycles. The van der Waals surface area contributed by atoms with Gasteiger partial charge in [-0.05, 0) is 19.9 Å². The van der Waals surface area contributed by atoms with Crippen molar-refractivity contribution in [1.29, 1.82) is 0 Å². The SMILES string of the molecule is COC(C)C(C)/C(C)=C/C=O. The van der Waals surface area contributed by atoms with E-state index in [0.29, 0.717) is 5.92 Å². The van der Waals surface area contributed by atoms with Gasteiger partial charge in [0.1, 0.15) is 6.29 Å². The molecule has 0 heterocycles. The van der Waals surface area contributed by atoms with Crippen molar-refractivity contribution >= 4 is 6.29 Å². The first-order chi connectivity index (χ1) is 5.13. The fourth-order valence-corrected chi connectivity index (χ4v) is 0.833. The van der Waals surface area contributed by atoms with Crippen LogP contribution in [0.5, 0.6) is 0 Å². The molecule has 0 spiro atoms. The lowest BCUT2D eigenvalue weighted by Gasteiger charge is -2.18. The molecule has 0 aromatic carbocycles. The van der Waals surface area contributed by atoms with Crippen LogP contribution in [0.2, 0.25) is 0 Å². The Bertz CT molecular complexity index is 150. The molecule has 2 heteroatoms. The number of allylic oxidation sites excluding steroid dienone is 1. The van der Waals surface area contributed by atoms with Crippen LogP contribution in [0.15, 0.2) is 11.6 Å². The Kier molecular flexibility index (Phi) is 4.79. The van der Waals surface area contributed by atoms with Crippen LogP contribution in [0.25, 0.3) is 0 Å². The lowest BCUT2D eigenvalue weighted by atomic mass is 9.97. The molecule has 0 N–H and O–H groups in total. The summed E-state index contributed by atoms with van der Waals surface area (Å²) in [5.74, 6) is 0.310. The summed E-state index contributed by atoms with van der Waals surface area (Å²) in [6.45, 7) is 5.98. The maximum Gasteiger partial charge on any atom is 0.142 e. The highest BCUT2D eigenvalue weighted by Gasteiger charge is 2.11. The van der Waals surface area contributed by atoms with E-state index in [1.165, 1.54) is 0 Å². The van der Waals surface area contributed by atoms with Gasteiger partial charge in [0.05, 0.1) is 6.10 Å². The van der Waals surface area contributed by atoms with Crippen molar-refractivity contribution in [2.75, 3.05) is 7.11 Å². The van der Waals surface area contributed by atoms with E-state index in [0.717, 1.165) is 11.9 Å². The van der Waals surface area contributed by atoms with E-state index in [-0.39, 0.29) is 6.10 Å². The normalized spacial score (nSPS) is 17.6. The Morgan fingerprint density at radius 1 is 1.45 bits per heavy atom. The van der Waals surface area contributed by atoms with Gasteiger partial charge in [0.2, 0.25) is 0 Å². The molecular formula is C9H16O2. The predicted octanol–water partition coefficient (Wildman–Crippen LogP) is 1.80. The second-order valence-electron chi connectivity index (χ2n) is 2.78. The summed E-state index contributed by atoms with van der Waals surface area (Å²) < 4.78 is 5.12. The quantitative estimate of drug-likeness (QED) is 0.458. The summed E-state index contributed by atoms with van der Waals surface area (Å²) >= 11 is 0. The standard InChI is InChI=1S/C9H16O2/c1-7(5-6-10)8(2)9(3)11-4/h5-6,8-9H,1-4H3/b7-5+. The summed E-state index contributed by atoms with van der Waals surface area (Å²) in [5, 5.41) is 0. The number of ether oxygens (including phenoxy) is 1. The number of hydrogen-bond donors (Lipinski definition) is 0. The number of carbonyl (C=O) groups is 1. The molecule has 11 heavy (non-hydrogen) atoms. The third-order valence-corrected chi connectivity index (χ3v) is 2.13. The molecule has 64 valence electrons. The van der Waals surface area contributed by atoms with Gasteiger partial charge in [-0.3, -0.25) is 4.79 Å². The van der Waals surface area contributed by atoms with Crippen LogP contribution < -0.4 is 0 Å². The molecule has 0 aromatic heterocycles. The van der Waals surface area contributed by atoms with E-state index in [1.54, 1.807) is 13.2 Å². The molecule has 0 aliphatic carbocycles. The zero-order chi connectivity index (χ0) is 8.85. The maximum absolute atomic E-state index is 10.1. The van der Waals surface area contributed by atoms with Crippen molar-refractivity contribution in [1.82, 2.24) is 0 Å². The lowest BCUT2D eigenvalue weighted by Crippen LogP contribution is -2.17.